The number of amides is 1. The van der Waals surface area contributed by atoms with E-state index in [0.717, 1.165) is 6.26 Å². The topological polar surface area (TPSA) is 135 Å². The number of aryl methyl sites for hydroxylation is 2. The lowest BCUT2D eigenvalue weighted by Gasteiger charge is -2.14. The van der Waals surface area contributed by atoms with Gasteiger partial charge in [-0.3, -0.25) is 4.79 Å². The van der Waals surface area contributed by atoms with Crippen molar-refractivity contribution in [3.05, 3.63) is 42.6 Å². The minimum Gasteiger partial charge on any atom is -0.353 e. The van der Waals surface area contributed by atoms with Gasteiger partial charge in [0, 0.05) is 37.6 Å². The lowest BCUT2D eigenvalue weighted by atomic mass is 10.1. The molecule has 1 unspecified atom stereocenters. The van der Waals surface area contributed by atoms with Crippen molar-refractivity contribution in [1.82, 2.24) is 24.5 Å². The summed E-state index contributed by atoms with van der Waals surface area (Å²) in [4.78, 5) is 28.0. The quantitative estimate of drug-likeness (QED) is 0.369. The maximum absolute atomic E-state index is 13.3. The van der Waals surface area contributed by atoms with Crippen LogP contribution < -0.4 is 10.6 Å². The van der Waals surface area contributed by atoms with E-state index in [-0.39, 0.29) is 22.0 Å². The number of fused-ring (bicyclic) bond motifs is 1. The second-order valence-corrected chi connectivity index (χ2v) is 10.6. The predicted octanol–water partition coefficient (Wildman–Crippen LogP) is 3.41. The van der Waals surface area contributed by atoms with Gasteiger partial charge in [-0.1, -0.05) is 6.07 Å². The minimum atomic E-state index is -3.66. The number of carbonyl (C=O) groups excluding carboxylic acids is 1. The van der Waals surface area contributed by atoms with Crippen molar-refractivity contribution in [3.63, 3.8) is 0 Å². The molecule has 1 fully saturated rings. The van der Waals surface area contributed by atoms with Crippen molar-refractivity contribution in [2.24, 2.45) is 13.0 Å². The molecule has 3 heterocycles. The van der Waals surface area contributed by atoms with E-state index >= 15 is 0 Å². The summed E-state index contributed by atoms with van der Waals surface area (Å²) >= 11 is 0. The molecule has 0 aliphatic heterocycles. The lowest BCUT2D eigenvalue weighted by Crippen LogP contribution is -2.18. The summed E-state index contributed by atoms with van der Waals surface area (Å²) in [5.41, 5.74) is 2.57. The molecule has 35 heavy (non-hydrogen) atoms. The zero-order valence-electron chi connectivity index (χ0n) is 18.9. The van der Waals surface area contributed by atoms with Gasteiger partial charge in [-0.15, -0.1) is 0 Å². The van der Waals surface area contributed by atoms with E-state index in [1.807, 2.05) is 7.05 Å². The Morgan fingerprint density at radius 1 is 1.23 bits per heavy atom. The molecular weight excluding hydrogens is 480 g/mol. The average molecular weight is 502 g/mol. The number of halogens is 2. The number of aromatic amines is 1. The van der Waals surface area contributed by atoms with Gasteiger partial charge in [0.1, 0.15) is 23.1 Å². The third-order valence-electron chi connectivity index (χ3n) is 5.62. The molecule has 1 aliphatic rings. The highest BCUT2D eigenvalue weighted by Crippen LogP contribution is 2.49. The zero-order chi connectivity index (χ0) is 25.1. The van der Waals surface area contributed by atoms with Gasteiger partial charge in [0.05, 0.1) is 28.3 Å². The van der Waals surface area contributed by atoms with Crippen molar-refractivity contribution in [1.29, 1.82) is 0 Å². The van der Waals surface area contributed by atoms with Gasteiger partial charge in [0.25, 0.3) is 5.92 Å². The van der Waals surface area contributed by atoms with Crippen molar-refractivity contribution in [2.75, 3.05) is 16.9 Å². The number of anilines is 3. The van der Waals surface area contributed by atoms with Crippen LogP contribution in [0.5, 0.6) is 0 Å². The highest BCUT2D eigenvalue weighted by atomic mass is 32.2. The molecule has 5 rings (SSSR count). The number of hydrogen-bond acceptors (Lipinski definition) is 7. The Balaban J connectivity index is 1.55. The molecule has 1 aromatic carbocycles. The first-order valence-corrected chi connectivity index (χ1v) is 12.5. The SMILES string of the molecule is Cc1nc2nc(NC(=O)C3CC3(F)F)cc(Nc3ccc(-c4cn(C)cn4)cc3S(C)(=O)=O)c2[nH]1. The molecule has 1 amide bonds. The normalized spacial score (nSPS) is 16.9. The Morgan fingerprint density at radius 2 is 1.97 bits per heavy atom. The van der Waals surface area contributed by atoms with Crippen LogP contribution in [-0.2, 0) is 21.7 Å². The third-order valence-corrected chi connectivity index (χ3v) is 6.76. The number of H-pyrrole nitrogens is 1. The first-order valence-electron chi connectivity index (χ1n) is 10.6. The Morgan fingerprint density at radius 3 is 2.60 bits per heavy atom. The van der Waals surface area contributed by atoms with Crippen LogP contribution >= 0.6 is 0 Å². The van der Waals surface area contributed by atoms with Crippen molar-refractivity contribution in [3.8, 4) is 11.3 Å². The second kappa shape index (κ2) is 7.83. The summed E-state index contributed by atoms with van der Waals surface area (Å²) in [6.07, 6.45) is 3.98. The fraction of sp³-hybridized carbons (Fsp3) is 0.273. The van der Waals surface area contributed by atoms with Crippen LogP contribution in [0.4, 0.5) is 26.0 Å². The molecule has 1 aliphatic carbocycles. The van der Waals surface area contributed by atoms with E-state index in [1.165, 1.54) is 12.1 Å². The number of benzene rings is 1. The first-order chi connectivity index (χ1) is 16.4. The zero-order valence-corrected chi connectivity index (χ0v) is 19.7. The highest BCUT2D eigenvalue weighted by Gasteiger charge is 2.61. The van der Waals surface area contributed by atoms with E-state index in [0.29, 0.717) is 28.3 Å². The fourth-order valence-corrected chi connectivity index (χ4v) is 4.64. The standard InChI is InChI=1S/C22H21F2N7O3S/c1-11-26-19-15(7-18(29-20(19)27-11)30-21(32)13-8-22(13,23)24)28-14-5-4-12(6-17(14)35(3,33)34)16-9-31(2)10-25-16/h4-7,9-10,13H,8H2,1-3H3,(H3,26,27,28,29,30,32). The number of imidazole rings is 2. The van der Waals surface area contributed by atoms with E-state index in [9.17, 15) is 22.0 Å². The number of hydrogen-bond donors (Lipinski definition) is 3. The van der Waals surface area contributed by atoms with E-state index in [2.05, 4.69) is 30.6 Å². The Kier molecular flexibility index (Phi) is 5.13. The van der Waals surface area contributed by atoms with Gasteiger partial charge in [-0.05, 0) is 19.1 Å². The lowest BCUT2D eigenvalue weighted by molar-refractivity contribution is -0.119. The summed E-state index contributed by atoms with van der Waals surface area (Å²) in [6, 6.07) is 6.30. The molecule has 0 radical (unpaired) electrons. The molecule has 3 aromatic heterocycles. The van der Waals surface area contributed by atoms with Crippen LogP contribution in [0.25, 0.3) is 22.4 Å². The largest absolute Gasteiger partial charge is 0.353 e. The van der Waals surface area contributed by atoms with Crippen LogP contribution in [0.2, 0.25) is 0 Å². The van der Waals surface area contributed by atoms with Crippen LogP contribution in [-0.4, -0.2) is 51.0 Å². The maximum Gasteiger partial charge on any atom is 0.260 e. The van der Waals surface area contributed by atoms with Gasteiger partial charge < -0.3 is 20.2 Å². The summed E-state index contributed by atoms with van der Waals surface area (Å²) in [7, 11) is -1.85. The average Bonchev–Trinajstić information content (AvgIpc) is 3.06. The molecule has 3 N–H and O–H groups in total. The number of pyridine rings is 1. The minimum absolute atomic E-state index is 0.0187. The van der Waals surface area contributed by atoms with Gasteiger partial charge in [0.15, 0.2) is 15.5 Å². The van der Waals surface area contributed by atoms with Crippen LogP contribution in [0.15, 0.2) is 41.7 Å². The van der Waals surface area contributed by atoms with Crippen LogP contribution in [0.1, 0.15) is 12.2 Å². The number of rotatable bonds is 6. The van der Waals surface area contributed by atoms with Gasteiger partial charge in [-0.25, -0.2) is 32.2 Å². The highest BCUT2D eigenvalue weighted by molar-refractivity contribution is 7.90. The van der Waals surface area contributed by atoms with E-state index in [1.54, 1.807) is 36.1 Å². The van der Waals surface area contributed by atoms with E-state index < -0.39 is 34.0 Å². The van der Waals surface area contributed by atoms with E-state index in [4.69, 9.17) is 0 Å². The molecule has 0 spiro atoms. The molecular formula is C22H21F2N7O3S. The number of alkyl halides is 2. The van der Waals surface area contributed by atoms with Crippen molar-refractivity contribution < 1.29 is 22.0 Å². The Labute approximate surface area is 198 Å². The Hall–Kier alpha value is -3.87. The Bertz CT molecular complexity index is 1590. The molecule has 1 saturated carbocycles. The summed E-state index contributed by atoms with van der Waals surface area (Å²) in [5, 5.41) is 5.49. The van der Waals surface area contributed by atoms with Crippen LogP contribution in [0, 0.1) is 12.8 Å². The fourth-order valence-electron chi connectivity index (χ4n) is 3.78. The maximum atomic E-state index is 13.3. The van der Waals surface area contributed by atoms with Crippen molar-refractivity contribution in [2.45, 2.75) is 24.2 Å². The predicted molar refractivity (Wildman–Crippen MR) is 125 cm³/mol. The number of aromatic nitrogens is 5. The molecule has 182 valence electrons. The molecule has 13 heteroatoms. The number of carbonyl (C=O) groups is 1. The summed E-state index contributed by atoms with van der Waals surface area (Å²) in [5.74, 6) is -4.70. The van der Waals surface area contributed by atoms with Crippen molar-refractivity contribution >= 4 is 44.1 Å². The summed E-state index contributed by atoms with van der Waals surface area (Å²) < 4.78 is 53.6. The smallest absolute Gasteiger partial charge is 0.260 e. The molecule has 1 atom stereocenters. The number of nitrogens with one attached hydrogen (secondary N) is 3. The monoisotopic (exact) mass is 501 g/mol. The van der Waals surface area contributed by atoms with Crippen LogP contribution in [0.3, 0.4) is 0 Å². The molecule has 0 bridgehead atoms. The second-order valence-electron chi connectivity index (χ2n) is 8.62. The molecule has 10 nitrogen and oxygen atoms in total. The summed E-state index contributed by atoms with van der Waals surface area (Å²) in [6.45, 7) is 1.71. The van der Waals surface area contributed by atoms with Gasteiger partial charge in [-0.2, -0.15) is 0 Å². The molecule has 0 saturated heterocycles. The number of nitrogens with zero attached hydrogens (tertiary/aromatic N) is 4. The number of sulfone groups is 1. The molecule has 4 aromatic rings. The van der Waals surface area contributed by atoms with Gasteiger partial charge in [0.2, 0.25) is 5.91 Å². The first kappa shape index (κ1) is 22.9. The van der Waals surface area contributed by atoms with Gasteiger partial charge >= 0.3 is 0 Å². The third kappa shape index (κ3) is 4.46.